The molecule has 16 heavy (non-hydrogen) atoms. The fraction of sp³-hybridized carbons (Fsp3) is 0.455. The van der Waals surface area contributed by atoms with Crippen molar-refractivity contribution in [1.82, 2.24) is 5.32 Å². The predicted molar refractivity (Wildman–Crippen MR) is 57.4 cm³/mol. The van der Waals surface area contributed by atoms with Gasteiger partial charge >= 0.3 is 0 Å². The van der Waals surface area contributed by atoms with Crippen LogP contribution in [0.25, 0.3) is 0 Å². The molecule has 2 rings (SSSR count). The maximum atomic E-state index is 13.1. The van der Waals surface area contributed by atoms with Gasteiger partial charge in [0.05, 0.1) is 12.5 Å². The Morgan fingerprint density at radius 1 is 1.50 bits per heavy atom. The van der Waals surface area contributed by atoms with Crippen molar-refractivity contribution in [2.45, 2.75) is 18.4 Å². The van der Waals surface area contributed by atoms with Gasteiger partial charge in [-0.25, -0.2) is 4.39 Å². The summed E-state index contributed by atoms with van der Waals surface area (Å²) in [6.45, 7) is 1.10. The lowest BCUT2D eigenvalue weighted by Gasteiger charge is -2.26. The van der Waals surface area contributed by atoms with Crippen molar-refractivity contribution in [2.24, 2.45) is 0 Å². The molecule has 0 aliphatic carbocycles. The molecule has 0 aromatic heterocycles. The molecule has 1 aliphatic heterocycles. The minimum atomic E-state index is -0.657. The zero-order valence-corrected chi connectivity index (χ0v) is 8.73. The molecule has 0 saturated carbocycles. The van der Waals surface area contributed by atoms with E-state index in [2.05, 4.69) is 5.32 Å². The number of halogens is 1. The van der Waals surface area contributed by atoms with E-state index < -0.39 is 6.04 Å². The van der Waals surface area contributed by atoms with Crippen LogP contribution in [0.1, 0.15) is 17.9 Å². The van der Waals surface area contributed by atoms with Gasteiger partial charge in [-0.05, 0) is 30.7 Å². The van der Waals surface area contributed by atoms with E-state index in [-0.39, 0.29) is 16.7 Å². The number of piperidine rings is 1. The van der Waals surface area contributed by atoms with Crippen LogP contribution in [0.3, 0.4) is 0 Å². The molecule has 1 aromatic carbocycles. The standard InChI is InChI=1S/C11H13FN2O2/c12-9-3-1-2-8(6-9)10-4-5-13-7-11(10)14(15)16/h1-3,6,10-11,13H,4-5,7H2/t10-,11+/m0/s1. The summed E-state index contributed by atoms with van der Waals surface area (Å²) < 4.78 is 13.1. The second-order valence-corrected chi connectivity index (χ2v) is 4.01. The molecule has 0 spiro atoms. The molecule has 4 nitrogen and oxygen atoms in total. The monoisotopic (exact) mass is 224 g/mol. The second-order valence-electron chi connectivity index (χ2n) is 4.01. The number of hydrogen-bond acceptors (Lipinski definition) is 3. The number of nitro groups is 1. The molecule has 1 fully saturated rings. The maximum absolute atomic E-state index is 13.1. The molecule has 0 amide bonds. The van der Waals surface area contributed by atoms with Crippen molar-refractivity contribution in [2.75, 3.05) is 13.1 Å². The van der Waals surface area contributed by atoms with E-state index in [1.54, 1.807) is 12.1 Å². The summed E-state index contributed by atoms with van der Waals surface area (Å²) in [7, 11) is 0. The van der Waals surface area contributed by atoms with Crippen molar-refractivity contribution >= 4 is 0 Å². The Kier molecular flexibility index (Phi) is 3.14. The summed E-state index contributed by atoms with van der Waals surface area (Å²) in [6.07, 6.45) is 0.676. The topological polar surface area (TPSA) is 55.2 Å². The van der Waals surface area contributed by atoms with Crippen LogP contribution in [0.4, 0.5) is 4.39 Å². The van der Waals surface area contributed by atoms with Gasteiger partial charge in [-0.2, -0.15) is 0 Å². The third-order valence-corrected chi connectivity index (χ3v) is 3.00. The van der Waals surface area contributed by atoms with Crippen molar-refractivity contribution in [3.8, 4) is 0 Å². The van der Waals surface area contributed by atoms with E-state index in [0.29, 0.717) is 13.0 Å². The average Bonchev–Trinajstić information content (AvgIpc) is 2.29. The van der Waals surface area contributed by atoms with Crippen LogP contribution in [0.5, 0.6) is 0 Å². The van der Waals surface area contributed by atoms with Crippen LogP contribution in [-0.4, -0.2) is 24.1 Å². The molecule has 0 bridgehead atoms. The lowest BCUT2D eigenvalue weighted by Crippen LogP contribution is -2.43. The third kappa shape index (κ3) is 2.19. The average molecular weight is 224 g/mol. The molecule has 1 aliphatic rings. The quantitative estimate of drug-likeness (QED) is 0.612. The highest BCUT2D eigenvalue weighted by Crippen LogP contribution is 2.27. The number of nitrogens with zero attached hydrogens (tertiary/aromatic N) is 1. The fourth-order valence-corrected chi connectivity index (χ4v) is 2.19. The Morgan fingerprint density at radius 3 is 3.00 bits per heavy atom. The number of rotatable bonds is 2. The van der Waals surface area contributed by atoms with Crippen molar-refractivity contribution in [1.29, 1.82) is 0 Å². The maximum Gasteiger partial charge on any atom is 0.232 e. The van der Waals surface area contributed by atoms with Gasteiger partial charge in [-0.1, -0.05) is 12.1 Å². The van der Waals surface area contributed by atoms with E-state index in [4.69, 9.17) is 0 Å². The number of hydrogen-bond donors (Lipinski definition) is 1. The summed E-state index contributed by atoms with van der Waals surface area (Å²) >= 11 is 0. The first-order valence-electron chi connectivity index (χ1n) is 5.28. The van der Waals surface area contributed by atoms with Crippen molar-refractivity contribution in [3.63, 3.8) is 0 Å². The predicted octanol–water partition coefficient (Wildman–Crippen LogP) is 1.55. The number of nitrogens with one attached hydrogen (secondary N) is 1. The smallest absolute Gasteiger partial charge is 0.232 e. The minimum absolute atomic E-state index is 0.188. The Hall–Kier alpha value is -1.49. The third-order valence-electron chi connectivity index (χ3n) is 3.00. The van der Waals surface area contributed by atoms with E-state index in [1.807, 2.05) is 0 Å². The highest BCUT2D eigenvalue weighted by atomic mass is 19.1. The SMILES string of the molecule is O=[N+]([O-])[C@@H]1CNCC[C@H]1c1cccc(F)c1. The van der Waals surface area contributed by atoms with Crippen LogP contribution >= 0.6 is 0 Å². The second kappa shape index (κ2) is 4.57. The lowest BCUT2D eigenvalue weighted by molar-refractivity contribution is -0.526. The summed E-state index contributed by atoms with van der Waals surface area (Å²) in [5.74, 6) is -0.523. The summed E-state index contributed by atoms with van der Waals surface area (Å²) in [5.41, 5.74) is 0.725. The lowest BCUT2D eigenvalue weighted by atomic mass is 9.86. The van der Waals surface area contributed by atoms with Gasteiger partial charge < -0.3 is 5.32 Å². The largest absolute Gasteiger partial charge is 0.310 e. The van der Waals surface area contributed by atoms with E-state index in [9.17, 15) is 14.5 Å². The zero-order chi connectivity index (χ0) is 11.5. The van der Waals surface area contributed by atoms with Gasteiger partial charge in [0, 0.05) is 4.92 Å². The van der Waals surface area contributed by atoms with Crippen LogP contribution in [-0.2, 0) is 0 Å². The molecule has 0 radical (unpaired) electrons. The highest BCUT2D eigenvalue weighted by Gasteiger charge is 2.35. The molecule has 0 unspecified atom stereocenters. The first kappa shape index (κ1) is 11.0. The van der Waals surface area contributed by atoms with Gasteiger partial charge in [0.25, 0.3) is 0 Å². The fourth-order valence-electron chi connectivity index (χ4n) is 2.19. The Morgan fingerprint density at radius 2 is 2.31 bits per heavy atom. The summed E-state index contributed by atoms with van der Waals surface area (Å²) in [5, 5.41) is 13.9. The zero-order valence-electron chi connectivity index (χ0n) is 8.73. The normalized spacial score (nSPS) is 25.3. The van der Waals surface area contributed by atoms with Gasteiger partial charge in [0.1, 0.15) is 5.82 Å². The minimum Gasteiger partial charge on any atom is -0.310 e. The van der Waals surface area contributed by atoms with Crippen molar-refractivity contribution < 1.29 is 9.31 Å². The number of benzene rings is 1. The van der Waals surface area contributed by atoms with Crippen LogP contribution in [0.15, 0.2) is 24.3 Å². The van der Waals surface area contributed by atoms with Gasteiger partial charge in [-0.15, -0.1) is 0 Å². The van der Waals surface area contributed by atoms with Crippen molar-refractivity contribution in [3.05, 3.63) is 45.8 Å². The van der Waals surface area contributed by atoms with Gasteiger partial charge in [0.15, 0.2) is 0 Å². The molecular weight excluding hydrogens is 211 g/mol. The highest BCUT2D eigenvalue weighted by molar-refractivity contribution is 5.22. The first-order chi connectivity index (χ1) is 7.68. The van der Waals surface area contributed by atoms with E-state index in [0.717, 1.165) is 12.1 Å². The van der Waals surface area contributed by atoms with Crippen LogP contribution < -0.4 is 5.32 Å². The first-order valence-corrected chi connectivity index (χ1v) is 5.28. The summed E-state index contributed by atoms with van der Waals surface area (Å²) in [6, 6.07) is 5.45. The summed E-state index contributed by atoms with van der Waals surface area (Å²) in [4.78, 5) is 10.6. The van der Waals surface area contributed by atoms with Crippen LogP contribution in [0, 0.1) is 15.9 Å². The molecule has 1 heterocycles. The molecule has 5 heteroatoms. The molecule has 1 saturated heterocycles. The van der Waals surface area contributed by atoms with Gasteiger partial charge in [0.2, 0.25) is 6.04 Å². The van der Waals surface area contributed by atoms with E-state index in [1.165, 1.54) is 12.1 Å². The Balaban J connectivity index is 2.26. The van der Waals surface area contributed by atoms with E-state index >= 15 is 0 Å². The molecule has 2 atom stereocenters. The van der Waals surface area contributed by atoms with Crippen LogP contribution in [0.2, 0.25) is 0 Å². The molecular formula is C11H13FN2O2. The Labute approximate surface area is 92.6 Å². The molecule has 86 valence electrons. The Bertz CT molecular complexity index is 397. The molecule has 1 N–H and O–H groups in total. The molecule has 1 aromatic rings. The van der Waals surface area contributed by atoms with Gasteiger partial charge in [-0.3, -0.25) is 10.1 Å².